The van der Waals surface area contributed by atoms with Crippen molar-refractivity contribution in [2.24, 2.45) is 0 Å². The summed E-state index contributed by atoms with van der Waals surface area (Å²) in [4.78, 5) is 11.1. The molecule has 0 spiro atoms. The van der Waals surface area contributed by atoms with Gasteiger partial charge >= 0.3 is 0 Å². The van der Waals surface area contributed by atoms with Crippen LogP contribution in [0.5, 0.6) is 0 Å². The van der Waals surface area contributed by atoms with Gasteiger partial charge in [0.25, 0.3) is 0 Å². The van der Waals surface area contributed by atoms with E-state index >= 15 is 0 Å². The summed E-state index contributed by atoms with van der Waals surface area (Å²) in [6.07, 6.45) is -0.946. The lowest BCUT2D eigenvalue weighted by atomic mass is 10.0. The zero-order valence-corrected chi connectivity index (χ0v) is 9.39. The molecule has 1 amide bonds. The maximum absolute atomic E-state index is 11.1. The van der Waals surface area contributed by atoms with Crippen molar-refractivity contribution in [2.45, 2.75) is 12.1 Å². The van der Waals surface area contributed by atoms with Gasteiger partial charge in [0.05, 0.1) is 12.6 Å². The van der Waals surface area contributed by atoms with E-state index in [0.29, 0.717) is 5.56 Å². The second-order valence-electron chi connectivity index (χ2n) is 3.35. The van der Waals surface area contributed by atoms with Crippen LogP contribution in [0.15, 0.2) is 30.3 Å². The van der Waals surface area contributed by atoms with Crippen LogP contribution in [-0.2, 0) is 4.79 Å². The molecule has 0 bridgehead atoms. The van der Waals surface area contributed by atoms with E-state index in [1.807, 2.05) is 6.07 Å². The summed E-state index contributed by atoms with van der Waals surface area (Å²) in [7, 11) is 0. The van der Waals surface area contributed by atoms with Crippen molar-refractivity contribution in [1.29, 1.82) is 0 Å². The standard InChI is InChI=1S/C11H14ClNO3/c12-6-10(15)13-9(7-14)11(16)8-4-2-1-3-5-8/h1-5,9,11,14,16H,6-7H2,(H,13,15)/t9-,11-/m0/s1. The molecule has 88 valence electrons. The summed E-state index contributed by atoms with van der Waals surface area (Å²) < 4.78 is 0. The molecule has 5 heteroatoms. The minimum absolute atomic E-state index is 0.196. The largest absolute Gasteiger partial charge is 0.394 e. The van der Waals surface area contributed by atoms with Crippen molar-refractivity contribution < 1.29 is 15.0 Å². The predicted molar refractivity (Wildman–Crippen MR) is 61.1 cm³/mol. The highest BCUT2D eigenvalue weighted by molar-refractivity contribution is 6.27. The summed E-state index contributed by atoms with van der Waals surface area (Å²) in [5.74, 6) is -0.617. The van der Waals surface area contributed by atoms with Gasteiger partial charge in [0.2, 0.25) is 5.91 Å². The lowest BCUT2D eigenvalue weighted by molar-refractivity contribution is -0.120. The number of alkyl halides is 1. The van der Waals surface area contributed by atoms with Crippen LogP contribution in [0, 0.1) is 0 Å². The molecule has 0 aliphatic heterocycles. The first-order chi connectivity index (χ1) is 7.69. The van der Waals surface area contributed by atoms with Gasteiger partial charge in [-0.2, -0.15) is 0 Å². The number of rotatable bonds is 5. The van der Waals surface area contributed by atoms with Gasteiger partial charge < -0.3 is 15.5 Å². The van der Waals surface area contributed by atoms with Crippen molar-refractivity contribution in [3.8, 4) is 0 Å². The molecule has 0 aliphatic rings. The van der Waals surface area contributed by atoms with Crippen molar-refractivity contribution in [1.82, 2.24) is 5.32 Å². The monoisotopic (exact) mass is 243 g/mol. The summed E-state index contributed by atoms with van der Waals surface area (Å²) >= 11 is 5.33. The summed E-state index contributed by atoms with van der Waals surface area (Å²) in [6.45, 7) is -0.349. The molecule has 16 heavy (non-hydrogen) atoms. The average molecular weight is 244 g/mol. The van der Waals surface area contributed by atoms with Gasteiger partial charge in [0.1, 0.15) is 12.0 Å². The van der Waals surface area contributed by atoms with E-state index in [1.165, 1.54) is 0 Å². The highest BCUT2D eigenvalue weighted by atomic mass is 35.5. The van der Waals surface area contributed by atoms with Gasteiger partial charge in [-0.3, -0.25) is 4.79 Å². The minimum atomic E-state index is -0.946. The molecule has 4 nitrogen and oxygen atoms in total. The zero-order valence-electron chi connectivity index (χ0n) is 8.64. The molecule has 0 radical (unpaired) electrons. The first kappa shape index (κ1) is 13.0. The number of amides is 1. The molecule has 1 aromatic rings. The normalized spacial score (nSPS) is 14.2. The number of carbonyl (C=O) groups is 1. The Balaban J connectivity index is 2.70. The Hall–Kier alpha value is -1.10. The molecule has 1 aromatic carbocycles. The van der Waals surface area contributed by atoms with Crippen LogP contribution < -0.4 is 5.32 Å². The Morgan fingerprint density at radius 2 is 2.00 bits per heavy atom. The van der Waals surface area contributed by atoms with Crippen LogP contribution in [-0.4, -0.2) is 34.6 Å². The number of aliphatic hydroxyl groups is 2. The Bertz CT molecular complexity index is 331. The van der Waals surface area contributed by atoms with E-state index in [1.54, 1.807) is 24.3 Å². The average Bonchev–Trinajstić information content (AvgIpc) is 2.35. The quantitative estimate of drug-likeness (QED) is 0.657. The van der Waals surface area contributed by atoms with Crippen molar-refractivity contribution in [3.05, 3.63) is 35.9 Å². The topological polar surface area (TPSA) is 69.6 Å². The van der Waals surface area contributed by atoms with Crippen LogP contribution in [0.1, 0.15) is 11.7 Å². The van der Waals surface area contributed by atoms with Gasteiger partial charge in [0.15, 0.2) is 0 Å². The first-order valence-corrected chi connectivity index (χ1v) is 5.41. The number of nitrogens with one attached hydrogen (secondary N) is 1. The van der Waals surface area contributed by atoms with E-state index in [0.717, 1.165) is 0 Å². The molecule has 0 saturated heterocycles. The van der Waals surface area contributed by atoms with E-state index in [9.17, 15) is 9.90 Å². The van der Waals surface area contributed by atoms with Gasteiger partial charge in [-0.25, -0.2) is 0 Å². The second kappa shape index (κ2) is 6.48. The number of benzene rings is 1. The predicted octanol–water partition coefficient (Wildman–Crippen LogP) is 0.436. The van der Waals surface area contributed by atoms with Crippen LogP contribution in [0.2, 0.25) is 0 Å². The molecule has 0 unspecified atom stereocenters. The molecular formula is C11H14ClNO3. The Morgan fingerprint density at radius 1 is 1.38 bits per heavy atom. The Morgan fingerprint density at radius 3 is 2.50 bits per heavy atom. The minimum Gasteiger partial charge on any atom is -0.394 e. The van der Waals surface area contributed by atoms with Gasteiger partial charge in [-0.1, -0.05) is 30.3 Å². The SMILES string of the molecule is O=C(CCl)N[C@@H](CO)[C@@H](O)c1ccccc1. The molecule has 0 heterocycles. The molecule has 0 aromatic heterocycles. The van der Waals surface area contributed by atoms with Crippen LogP contribution in [0.3, 0.4) is 0 Å². The molecule has 0 saturated carbocycles. The fourth-order valence-electron chi connectivity index (χ4n) is 1.35. The van der Waals surface area contributed by atoms with Crippen LogP contribution in [0.25, 0.3) is 0 Å². The lowest BCUT2D eigenvalue weighted by Crippen LogP contribution is -2.42. The van der Waals surface area contributed by atoms with Gasteiger partial charge in [-0.05, 0) is 5.56 Å². The Labute approximate surface area is 98.9 Å². The fraction of sp³-hybridized carbons (Fsp3) is 0.364. The van der Waals surface area contributed by atoms with Crippen molar-refractivity contribution in [3.63, 3.8) is 0 Å². The summed E-state index contributed by atoms with van der Waals surface area (Å²) in [5.41, 5.74) is 0.636. The van der Waals surface area contributed by atoms with E-state index in [4.69, 9.17) is 16.7 Å². The number of hydrogen-bond acceptors (Lipinski definition) is 3. The van der Waals surface area contributed by atoms with E-state index < -0.39 is 18.1 Å². The molecule has 1 rings (SSSR count). The maximum atomic E-state index is 11.1. The fourth-order valence-corrected chi connectivity index (χ4v) is 1.43. The molecule has 0 fully saturated rings. The van der Waals surface area contributed by atoms with E-state index in [-0.39, 0.29) is 12.5 Å². The van der Waals surface area contributed by atoms with E-state index in [2.05, 4.69) is 5.32 Å². The van der Waals surface area contributed by atoms with Gasteiger partial charge in [0, 0.05) is 0 Å². The third kappa shape index (κ3) is 3.48. The van der Waals surface area contributed by atoms with Crippen molar-refractivity contribution >= 4 is 17.5 Å². The summed E-state index contributed by atoms with van der Waals surface area (Å²) in [5, 5.41) is 21.4. The number of aliphatic hydroxyl groups excluding tert-OH is 2. The Kier molecular flexibility index (Phi) is 5.25. The number of halogens is 1. The zero-order chi connectivity index (χ0) is 12.0. The third-order valence-corrected chi connectivity index (χ3v) is 2.43. The number of hydrogen-bond donors (Lipinski definition) is 3. The highest BCUT2D eigenvalue weighted by Gasteiger charge is 2.21. The third-order valence-electron chi connectivity index (χ3n) is 2.19. The molecule has 2 atom stereocenters. The summed E-state index contributed by atoms with van der Waals surface area (Å²) in [6, 6.07) is 8.07. The van der Waals surface area contributed by atoms with Crippen LogP contribution >= 0.6 is 11.6 Å². The second-order valence-corrected chi connectivity index (χ2v) is 3.61. The molecule has 3 N–H and O–H groups in total. The molecule has 0 aliphatic carbocycles. The first-order valence-electron chi connectivity index (χ1n) is 4.88. The van der Waals surface area contributed by atoms with Crippen LogP contribution in [0.4, 0.5) is 0 Å². The molecular weight excluding hydrogens is 230 g/mol. The maximum Gasteiger partial charge on any atom is 0.235 e. The van der Waals surface area contributed by atoms with Gasteiger partial charge in [-0.15, -0.1) is 11.6 Å². The highest BCUT2D eigenvalue weighted by Crippen LogP contribution is 2.16. The smallest absolute Gasteiger partial charge is 0.235 e. The number of carbonyl (C=O) groups excluding carboxylic acids is 1. The van der Waals surface area contributed by atoms with Crippen molar-refractivity contribution in [2.75, 3.05) is 12.5 Å². The lowest BCUT2D eigenvalue weighted by Gasteiger charge is -2.22.